The Labute approximate surface area is 148 Å². The molecule has 2 heterocycles. The second kappa shape index (κ2) is 7.63. The van der Waals surface area contributed by atoms with Crippen LogP contribution in [0.5, 0.6) is 0 Å². The quantitative estimate of drug-likeness (QED) is 0.362. The van der Waals surface area contributed by atoms with Crippen LogP contribution in [0, 0.1) is 0 Å². The van der Waals surface area contributed by atoms with Crippen LogP contribution in [0.1, 0.15) is 6.92 Å². The molecule has 24 heavy (non-hydrogen) atoms. The van der Waals surface area contributed by atoms with Crippen molar-refractivity contribution in [3.05, 3.63) is 42.3 Å². The normalized spacial score (nSPS) is 10.9. The standard InChI is InChI=1S/C17H17N3O2S2/c1-3-9-20-16(13-10-23-14-8-6-5-7-12(13)14)18-19-17(20)24-11-15(21)22-4-2/h3,5-8,10H,1,4,9,11H2,2H3. The molecule has 0 saturated carbocycles. The molecule has 0 aliphatic heterocycles. The van der Waals surface area contributed by atoms with Crippen molar-refractivity contribution in [3.63, 3.8) is 0 Å². The third-order valence-electron chi connectivity index (χ3n) is 3.37. The fourth-order valence-electron chi connectivity index (χ4n) is 2.37. The van der Waals surface area contributed by atoms with E-state index in [1.165, 1.54) is 16.5 Å². The van der Waals surface area contributed by atoms with Crippen LogP contribution in [0.4, 0.5) is 0 Å². The maximum Gasteiger partial charge on any atom is 0.316 e. The van der Waals surface area contributed by atoms with Gasteiger partial charge in [0.2, 0.25) is 0 Å². The van der Waals surface area contributed by atoms with Crippen LogP contribution in [-0.4, -0.2) is 33.1 Å². The minimum absolute atomic E-state index is 0.216. The molecule has 0 bridgehead atoms. The fourth-order valence-corrected chi connectivity index (χ4v) is 4.05. The highest BCUT2D eigenvalue weighted by Gasteiger charge is 2.17. The van der Waals surface area contributed by atoms with Gasteiger partial charge in [0.15, 0.2) is 11.0 Å². The van der Waals surface area contributed by atoms with Crippen molar-refractivity contribution in [1.29, 1.82) is 0 Å². The molecule has 3 aromatic rings. The number of thiophene rings is 1. The first kappa shape index (κ1) is 16.7. The molecule has 7 heteroatoms. The zero-order valence-electron chi connectivity index (χ0n) is 13.3. The van der Waals surface area contributed by atoms with E-state index < -0.39 is 0 Å². The summed E-state index contributed by atoms with van der Waals surface area (Å²) in [4.78, 5) is 11.6. The number of hydrogen-bond acceptors (Lipinski definition) is 6. The van der Waals surface area contributed by atoms with Crippen LogP contribution in [-0.2, 0) is 16.1 Å². The predicted molar refractivity (Wildman–Crippen MR) is 98.4 cm³/mol. The van der Waals surface area contributed by atoms with E-state index in [1.54, 1.807) is 24.3 Å². The molecule has 0 N–H and O–H groups in total. The summed E-state index contributed by atoms with van der Waals surface area (Å²) in [7, 11) is 0. The maximum absolute atomic E-state index is 11.6. The van der Waals surface area contributed by atoms with Gasteiger partial charge in [-0.15, -0.1) is 28.1 Å². The van der Waals surface area contributed by atoms with Crippen LogP contribution in [0.25, 0.3) is 21.5 Å². The first-order valence-corrected chi connectivity index (χ1v) is 9.40. The monoisotopic (exact) mass is 359 g/mol. The van der Waals surface area contributed by atoms with E-state index in [9.17, 15) is 4.79 Å². The predicted octanol–water partition coefficient (Wildman–Crippen LogP) is 4.00. The number of aromatic nitrogens is 3. The first-order valence-electron chi connectivity index (χ1n) is 7.53. The molecule has 5 nitrogen and oxygen atoms in total. The molecule has 0 aliphatic rings. The van der Waals surface area contributed by atoms with Crippen molar-refractivity contribution >= 4 is 39.2 Å². The summed E-state index contributed by atoms with van der Waals surface area (Å²) in [5.74, 6) is 0.755. The van der Waals surface area contributed by atoms with Gasteiger partial charge in [-0.1, -0.05) is 36.0 Å². The van der Waals surface area contributed by atoms with E-state index in [0.717, 1.165) is 16.8 Å². The summed E-state index contributed by atoms with van der Waals surface area (Å²) in [6.07, 6.45) is 1.80. The van der Waals surface area contributed by atoms with Crippen molar-refractivity contribution in [2.45, 2.75) is 18.6 Å². The highest BCUT2D eigenvalue weighted by Crippen LogP contribution is 2.34. The lowest BCUT2D eigenvalue weighted by Gasteiger charge is -2.07. The molecular weight excluding hydrogens is 342 g/mol. The van der Waals surface area contributed by atoms with Crippen LogP contribution in [0.3, 0.4) is 0 Å². The highest BCUT2D eigenvalue weighted by molar-refractivity contribution is 7.99. The zero-order valence-corrected chi connectivity index (χ0v) is 14.9. The molecular formula is C17H17N3O2S2. The van der Waals surface area contributed by atoms with Gasteiger partial charge in [0.1, 0.15) is 0 Å². The number of thioether (sulfide) groups is 1. The molecule has 0 spiro atoms. The number of nitrogens with zero attached hydrogens (tertiary/aromatic N) is 3. The largest absolute Gasteiger partial charge is 0.465 e. The van der Waals surface area contributed by atoms with Gasteiger partial charge in [-0.05, 0) is 13.0 Å². The number of ether oxygens (including phenoxy) is 1. The third kappa shape index (κ3) is 3.37. The van der Waals surface area contributed by atoms with Crippen molar-refractivity contribution in [3.8, 4) is 11.4 Å². The lowest BCUT2D eigenvalue weighted by atomic mass is 10.1. The molecule has 0 saturated heterocycles. The molecule has 0 radical (unpaired) electrons. The summed E-state index contributed by atoms with van der Waals surface area (Å²) in [5, 5.41) is 12.5. The number of carbonyl (C=O) groups is 1. The number of fused-ring (bicyclic) bond motifs is 1. The van der Waals surface area contributed by atoms with E-state index in [1.807, 2.05) is 16.7 Å². The SMILES string of the molecule is C=CCn1c(SCC(=O)OCC)nnc1-c1csc2ccccc12. The van der Waals surface area contributed by atoms with Gasteiger partial charge in [0.05, 0.1) is 12.4 Å². The van der Waals surface area contributed by atoms with Crippen LogP contribution >= 0.6 is 23.1 Å². The highest BCUT2D eigenvalue weighted by atomic mass is 32.2. The molecule has 0 fully saturated rings. The summed E-state index contributed by atoms with van der Waals surface area (Å²) >= 11 is 3.01. The van der Waals surface area contributed by atoms with E-state index in [4.69, 9.17) is 4.74 Å². The summed E-state index contributed by atoms with van der Waals surface area (Å²) in [5.41, 5.74) is 1.05. The van der Waals surface area contributed by atoms with Crippen molar-refractivity contribution in [1.82, 2.24) is 14.8 Å². The summed E-state index contributed by atoms with van der Waals surface area (Å²) < 4.78 is 8.15. The van der Waals surface area contributed by atoms with Gasteiger partial charge >= 0.3 is 5.97 Å². The summed E-state index contributed by atoms with van der Waals surface area (Å²) in [6, 6.07) is 8.22. The lowest BCUT2D eigenvalue weighted by molar-refractivity contribution is -0.139. The van der Waals surface area contributed by atoms with Gasteiger partial charge in [-0.2, -0.15) is 0 Å². The van der Waals surface area contributed by atoms with Crippen molar-refractivity contribution < 1.29 is 9.53 Å². The molecule has 3 rings (SSSR count). The van der Waals surface area contributed by atoms with E-state index >= 15 is 0 Å². The second-order valence-electron chi connectivity index (χ2n) is 4.94. The number of benzene rings is 1. The maximum atomic E-state index is 11.6. The van der Waals surface area contributed by atoms with E-state index in [-0.39, 0.29) is 11.7 Å². The summed E-state index contributed by atoms with van der Waals surface area (Å²) in [6.45, 7) is 6.57. The number of carbonyl (C=O) groups excluding carboxylic acids is 1. The second-order valence-corrected chi connectivity index (χ2v) is 6.80. The van der Waals surface area contributed by atoms with Crippen LogP contribution in [0.15, 0.2) is 47.5 Å². The average molecular weight is 359 g/mol. The molecule has 0 atom stereocenters. The molecule has 0 aliphatic carbocycles. The Morgan fingerprint density at radius 1 is 1.42 bits per heavy atom. The van der Waals surface area contributed by atoms with Gasteiger partial charge in [0.25, 0.3) is 0 Å². The Morgan fingerprint density at radius 2 is 2.25 bits per heavy atom. The number of esters is 1. The Hall–Kier alpha value is -2.12. The van der Waals surface area contributed by atoms with Crippen LogP contribution in [0.2, 0.25) is 0 Å². The van der Waals surface area contributed by atoms with E-state index in [0.29, 0.717) is 18.3 Å². The minimum Gasteiger partial charge on any atom is -0.465 e. The molecule has 124 valence electrons. The first-order chi connectivity index (χ1) is 11.7. The average Bonchev–Trinajstić information content (AvgIpc) is 3.17. The zero-order chi connectivity index (χ0) is 16.9. The Bertz CT molecular complexity index is 870. The number of rotatable bonds is 7. The lowest BCUT2D eigenvalue weighted by Crippen LogP contribution is -2.08. The van der Waals surface area contributed by atoms with Gasteiger partial charge < -0.3 is 4.74 Å². The molecule has 2 aromatic heterocycles. The minimum atomic E-state index is -0.252. The van der Waals surface area contributed by atoms with Gasteiger partial charge in [-0.3, -0.25) is 9.36 Å². The fraction of sp³-hybridized carbons (Fsp3) is 0.235. The van der Waals surface area contributed by atoms with Crippen molar-refractivity contribution in [2.24, 2.45) is 0 Å². The Morgan fingerprint density at radius 3 is 3.04 bits per heavy atom. The molecule has 0 unspecified atom stereocenters. The molecule has 1 aromatic carbocycles. The number of hydrogen-bond donors (Lipinski definition) is 0. The van der Waals surface area contributed by atoms with Crippen molar-refractivity contribution in [2.75, 3.05) is 12.4 Å². The van der Waals surface area contributed by atoms with E-state index in [2.05, 4.69) is 34.3 Å². The van der Waals surface area contributed by atoms with Gasteiger partial charge in [-0.25, -0.2) is 0 Å². The third-order valence-corrected chi connectivity index (χ3v) is 5.28. The number of allylic oxidation sites excluding steroid dienone is 1. The van der Waals surface area contributed by atoms with Crippen LogP contribution < -0.4 is 0 Å². The molecule has 0 amide bonds. The topological polar surface area (TPSA) is 57.0 Å². The Kier molecular flexibility index (Phi) is 5.32. The Balaban J connectivity index is 1.94. The van der Waals surface area contributed by atoms with Gasteiger partial charge in [0, 0.05) is 27.6 Å². The smallest absolute Gasteiger partial charge is 0.316 e.